The smallest absolute Gasteiger partial charge is 0.276 e. The molecule has 0 spiro atoms. The summed E-state index contributed by atoms with van der Waals surface area (Å²) < 4.78 is 5.46. The highest BCUT2D eigenvalue weighted by atomic mass is 16.5. The lowest BCUT2D eigenvalue weighted by molar-refractivity contribution is -0.123. The maximum absolute atomic E-state index is 12.3. The molecule has 3 amide bonds. The number of amides is 3. The van der Waals surface area contributed by atoms with Crippen LogP contribution in [0, 0.1) is 13.8 Å². The third-order valence-corrected chi connectivity index (χ3v) is 4.37. The molecule has 0 atom stereocenters. The standard InChI is InChI=1S/C21H23N3O4/c1-14-9-15(2)11-18(10-14)28-13-19(25)22-23-21(27)16-5-3-6-17(12-16)24-8-4-7-20(24)26/h3,5-6,9-12H,4,7-8,13H2,1-2H3,(H,22,25)(H,23,27). The van der Waals surface area contributed by atoms with E-state index in [0.717, 1.165) is 17.5 Å². The lowest BCUT2D eigenvalue weighted by Crippen LogP contribution is -2.43. The van der Waals surface area contributed by atoms with E-state index >= 15 is 0 Å². The summed E-state index contributed by atoms with van der Waals surface area (Å²) in [4.78, 5) is 37.7. The van der Waals surface area contributed by atoms with E-state index in [2.05, 4.69) is 10.9 Å². The maximum Gasteiger partial charge on any atom is 0.276 e. The Balaban J connectivity index is 1.52. The monoisotopic (exact) mass is 381 g/mol. The van der Waals surface area contributed by atoms with Crippen LogP contribution < -0.4 is 20.5 Å². The first-order chi connectivity index (χ1) is 13.4. The van der Waals surface area contributed by atoms with E-state index in [1.807, 2.05) is 32.0 Å². The number of hydrazine groups is 1. The second-order valence-corrected chi connectivity index (χ2v) is 6.81. The number of carbonyl (C=O) groups is 3. The quantitative estimate of drug-likeness (QED) is 0.778. The largest absolute Gasteiger partial charge is 0.484 e. The lowest BCUT2D eigenvalue weighted by Gasteiger charge is -2.16. The predicted molar refractivity (Wildman–Crippen MR) is 105 cm³/mol. The molecule has 146 valence electrons. The first-order valence-corrected chi connectivity index (χ1v) is 9.13. The van der Waals surface area contributed by atoms with Gasteiger partial charge >= 0.3 is 0 Å². The zero-order valence-corrected chi connectivity index (χ0v) is 16.0. The number of hydrogen-bond acceptors (Lipinski definition) is 4. The van der Waals surface area contributed by atoms with Crippen LogP contribution in [0.5, 0.6) is 5.75 Å². The molecule has 1 heterocycles. The number of rotatable bonds is 5. The average Bonchev–Trinajstić information content (AvgIpc) is 3.10. The van der Waals surface area contributed by atoms with Crippen molar-refractivity contribution in [2.45, 2.75) is 26.7 Å². The van der Waals surface area contributed by atoms with Crippen LogP contribution >= 0.6 is 0 Å². The van der Waals surface area contributed by atoms with Crippen molar-refractivity contribution in [1.82, 2.24) is 10.9 Å². The molecule has 1 fully saturated rings. The second-order valence-electron chi connectivity index (χ2n) is 6.81. The summed E-state index contributed by atoms with van der Waals surface area (Å²) in [5, 5.41) is 0. The number of ether oxygens (including phenoxy) is 1. The van der Waals surface area contributed by atoms with E-state index in [4.69, 9.17) is 4.74 Å². The Bertz CT molecular complexity index is 890. The molecule has 2 aromatic rings. The zero-order chi connectivity index (χ0) is 20.1. The lowest BCUT2D eigenvalue weighted by atomic mass is 10.1. The van der Waals surface area contributed by atoms with E-state index < -0.39 is 11.8 Å². The van der Waals surface area contributed by atoms with Gasteiger partial charge in [0.05, 0.1) is 0 Å². The molecule has 0 unspecified atom stereocenters. The molecule has 0 saturated carbocycles. The third-order valence-electron chi connectivity index (χ3n) is 4.37. The Hall–Kier alpha value is -3.35. The summed E-state index contributed by atoms with van der Waals surface area (Å²) in [6.07, 6.45) is 1.33. The molecule has 28 heavy (non-hydrogen) atoms. The third kappa shape index (κ3) is 4.88. The SMILES string of the molecule is Cc1cc(C)cc(OCC(=O)NNC(=O)c2cccc(N3CCCC3=O)c2)c1. The van der Waals surface area contributed by atoms with Gasteiger partial charge in [0.15, 0.2) is 6.61 Å². The number of hydrogen-bond donors (Lipinski definition) is 2. The molecule has 0 aliphatic carbocycles. The van der Waals surface area contributed by atoms with Gasteiger partial charge in [0.25, 0.3) is 11.8 Å². The highest BCUT2D eigenvalue weighted by molar-refractivity contribution is 5.99. The Morgan fingerprint density at radius 2 is 1.82 bits per heavy atom. The van der Waals surface area contributed by atoms with E-state index in [1.165, 1.54) is 0 Å². The van der Waals surface area contributed by atoms with Crippen molar-refractivity contribution in [2.75, 3.05) is 18.1 Å². The number of anilines is 1. The van der Waals surface area contributed by atoms with Gasteiger partial charge in [-0.25, -0.2) is 0 Å². The van der Waals surface area contributed by atoms with Gasteiger partial charge in [0.1, 0.15) is 5.75 Å². The van der Waals surface area contributed by atoms with E-state index in [1.54, 1.807) is 29.2 Å². The van der Waals surface area contributed by atoms with Crippen LogP contribution in [0.15, 0.2) is 42.5 Å². The normalized spacial score (nSPS) is 13.4. The van der Waals surface area contributed by atoms with Gasteiger partial charge in [-0.15, -0.1) is 0 Å². The number of carbonyl (C=O) groups excluding carboxylic acids is 3. The number of benzene rings is 2. The van der Waals surface area contributed by atoms with Crippen molar-refractivity contribution in [3.8, 4) is 5.75 Å². The fraction of sp³-hybridized carbons (Fsp3) is 0.286. The highest BCUT2D eigenvalue weighted by Crippen LogP contribution is 2.22. The predicted octanol–water partition coefficient (Wildman–Crippen LogP) is 2.27. The topological polar surface area (TPSA) is 87.7 Å². The summed E-state index contributed by atoms with van der Waals surface area (Å²) in [7, 11) is 0. The second kappa shape index (κ2) is 8.56. The molecule has 7 heteroatoms. The maximum atomic E-state index is 12.3. The van der Waals surface area contributed by atoms with E-state index in [0.29, 0.717) is 30.0 Å². The van der Waals surface area contributed by atoms with Crippen molar-refractivity contribution in [1.29, 1.82) is 0 Å². The van der Waals surface area contributed by atoms with Crippen LogP contribution in [0.3, 0.4) is 0 Å². The molecule has 3 rings (SSSR count). The summed E-state index contributed by atoms with van der Waals surface area (Å²) in [6, 6.07) is 12.4. The fourth-order valence-electron chi connectivity index (χ4n) is 3.14. The van der Waals surface area contributed by atoms with Crippen LogP contribution in [0.25, 0.3) is 0 Å². The molecule has 0 bridgehead atoms. The number of aryl methyl sites for hydroxylation is 2. The van der Waals surface area contributed by atoms with Gasteiger partial charge in [-0.3, -0.25) is 25.2 Å². The summed E-state index contributed by atoms with van der Waals surface area (Å²) in [6.45, 7) is 4.33. The van der Waals surface area contributed by atoms with Crippen molar-refractivity contribution in [3.05, 3.63) is 59.2 Å². The molecule has 0 radical (unpaired) electrons. The Morgan fingerprint density at radius 3 is 2.50 bits per heavy atom. The number of nitrogens with one attached hydrogen (secondary N) is 2. The molecule has 2 N–H and O–H groups in total. The highest BCUT2D eigenvalue weighted by Gasteiger charge is 2.22. The molecule has 7 nitrogen and oxygen atoms in total. The van der Waals surface area contributed by atoms with Crippen LogP contribution in [0.2, 0.25) is 0 Å². The van der Waals surface area contributed by atoms with E-state index in [9.17, 15) is 14.4 Å². The molecular weight excluding hydrogens is 358 g/mol. The van der Waals surface area contributed by atoms with Crippen molar-refractivity contribution in [3.63, 3.8) is 0 Å². The molecule has 0 aromatic heterocycles. The van der Waals surface area contributed by atoms with Gasteiger partial charge in [0, 0.05) is 24.2 Å². The molecule has 2 aromatic carbocycles. The minimum Gasteiger partial charge on any atom is -0.484 e. The van der Waals surface area contributed by atoms with Gasteiger partial charge < -0.3 is 9.64 Å². The van der Waals surface area contributed by atoms with Crippen LogP contribution in [0.4, 0.5) is 5.69 Å². The van der Waals surface area contributed by atoms with E-state index in [-0.39, 0.29) is 12.5 Å². The Labute approximate surface area is 163 Å². The molecule has 1 saturated heterocycles. The van der Waals surface area contributed by atoms with Gasteiger partial charge in [-0.2, -0.15) is 0 Å². The first kappa shape index (κ1) is 19.4. The molecule has 1 aliphatic heterocycles. The Kier molecular flexibility index (Phi) is 5.93. The summed E-state index contributed by atoms with van der Waals surface area (Å²) >= 11 is 0. The number of nitrogens with zero attached hydrogens (tertiary/aromatic N) is 1. The molecule has 1 aliphatic rings. The minimum absolute atomic E-state index is 0.0504. The summed E-state index contributed by atoms with van der Waals surface area (Å²) in [5.41, 5.74) is 7.82. The van der Waals surface area contributed by atoms with Crippen molar-refractivity contribution in [2.24, 2.45) is 0 Å². The average molecular weight is 381 g/mol. The van der Waals surface area contributed by atoms with Gasteiger partial charge in [-0.1, -0.05) is 12.1 Å². The van der Waals surface area contributed by atoms with Gasteiger partial charge in [0.2, 0.25) is 5.91 Å². The van der Waals surface area contributed by atoms with Crippen molar-refractivity contribution >= 4 is 23.4 Å². The van der Waals surface area contributed by atoms with Crippen LogP contribution in [-0.2, 0) is 9.59 Å². The Morgan fingerprint density at radius 1 is 1.07 bits per heavy atom. The summed E-state index contributed by atoms with van der Waals surface area (Å²) in [5.74, 6) is -0.289. The zero-order valence-electron chi connectivity index (χ0n) is 16.0. The van der Waals surface area contributed by atoms with Crippen LogP contribution in [-0.4, -0.2) is 30.9 Å². The minimum atomic E-state index is -0.474. The van der Waals surface area contributed by atoms with Crippen molar-refractivity contribution < 1.29 is 19.1 Å². The fourth-order valence-corrected chi connectivity index (χ4v) is 3.14. The van der Waals surface area contributed by atoms with Gasteiger partial charge in [-0.05, 0) is 61.7 Å². The van der Waals surface area contributed by atoms with Crippen LogP contribution in [0.1, 0.15) is 34.3 Å². The molecular formula is C21H23N3O4. The first-order valence-electron chi connectivity index (χ1n) is 9.13.